The van der Waals surface area contributed by atoms with Crippen molar-refractivity contribution in [2.24, 2.45) is 0 Å². The van der Waals surface area contributed by atoms with E-state index in [2.05, 4.69) is 0 Å². The van der Waals surface area contributed by atoms with E-state index in [1.165, 1.54) is 17.0 Å². The number of hydrogen-bond acceptors (Lipinski definition) is 2. The molecule has 0 aliphatic rings. The van der Waals surface area contributed by atoms with Crippen molar-refractivity contribution in [1.82, 2.24) is 4.90 Å². The molecule has 0 bridgehead atoms. The van der Waals surface area contributed by atoms with Crippen LogP contribution in [-0.2, 0) is 0 Å². The standard InChI is InChI=1S/C13H18FNO2/c1-9-4-5-12(14)11(8-9)13(17)15(3)7-6-10(2)16/h4-5,8,10,16H,6-7H2,1-3H3. The second kappa shape index (κ2) is 5.77. The third kappa shape index (κ3) is 3.82. The Kier molecular flexibility index (Phi) is 4.63. The number of nitrogens with zero attached hydrogens (tertiary/aromatic N) is 1. The Morgan fingerprint density at radius 3 is 2.76 bits per heavy atom. The zero-order chi connectivity index (χ0) is 13.0. The van der Waals surface area contributed by atoms with Crippen LogP contribution in [0.3, 0.4) is 0 Å². The molecule has 1 unspecified atom stereocenters. The smallest absolute Gasteiger partial charge is 0.256 e. The van der Waals surface area contributed by atoms with Gasteiger partial charge in [-0.05, 0) is 32.4 Å². The number of amides is 1. The summed E-state index contributed by atoms with van der Waals surface area (Å²) in [4.78, 5) is 13.4. The van der Waals surface area contributed by atoms with Gasteiger partial charge >= 0.3 is 0 Å². The number of benzene rings is 1. The van der Waals surface area contributed by atoms with Gasteiger partial charge in [0.2, 0.25) is 0 Å². The predicted octanol–water partition coefficient (Wildman–Crippen LogP) is 1.98. The SMILES string of the molecule is Cc1ccc(F)c(C(=O)N(C)CCC(C)O)c1. The molecule has 0 aliphatic carbocycles. The number of aliphatic hydroxyl groups is 1. The Bertz CT molecular complexity index is 404. The fourth-order valence-electron chi connectivity index (χ4n) is 1.49. The fourth-order valence-corrected chi connectivity index (χ4v) is 1.49. The molecule has 0 fully saturated rings. The van der Waals surface area contributed by atoms with Crippen molar-refractivity contribution in [2.75, 3.05) is 13.6 Å². The van der Waals surface area contributed by atoms with Crippen LogP contribution < -0.4 is 0 Å². The first-order valence-corrected chi connectivity index (χ1v) is 5.61. The molecule has 0 aromatic heterocycles. The minimum Gasteiger partial charge on any atom is -0.393 e. The molecule has 0 aliphatic heterocycles. The average Bonchev–Trinajstić information content (AvgIpc) is 2.28. The number of carbonyl (C=O) groups excluding carboxylic acids is 1. The Hall–Kier alpha value is -1.42. The summed E-state index contributed by atoms with van der Waals surface area (Å²) < 4.78 is 13.5. The van der Waals surface area contributed by atoms with Gasteiger partial charge < -0.3 is 10.0 Å². The lowest BCUT2D eigenvalue weighted by Gasteiger charge is -2.18. The normalized spacial score (nSPS) is 12.3. The van der Waals surface area contributed by atoms with Gasteiger partial charge in [-0.3, -0.25) is 4.79 Å². The highest BCUT2D eigenvalue weighted by atomic mass is 19.1. The molecule has 4 heteroatoms. The monoisotopic (exact) mass is 239 g/mol. The second-order valence-electron chi connectivity index (χ2n) is 4.35. The third-order valence-electron chi connectivity index (χ3n) is 2.58. The highest BCUT2D eigenvalue weighted by molar-refractivity contribution is 5.94. The highest BCUT2D eigenvalue weighted by Crippen LogP contribution is 2.12. The third-order valence-corrected chi connectivity index (χ3v) is 2.58. The van der Waals surface area contributed by atoms with E-state index in [1.54, 1.807) is 20.0 Å². The zero-order valence-corrected chi connectivity index (χ0v) is 10.4. The highest BCUT2D eigenvalue weighted by Gasteiger charge is 2.16. The van der Waals surface area contributed by atoms with Crippen LogP contribution in [0.25, 0.3) is 0 Å². The summed E-state index contributed by atoms with van der Waals surface area (Å²) >= 11 is 0. The number of carbonyl (C=O) groups is 1. The van der Waals surface area contributed by atoms with Gasteiger partial charge in [-0.15, -0.1) is 0 Å². The Labute approximate surface area is 101 Å². The largest absolute Gasteiger partial charge is 0.393 e. The van der Waals surface area contributed by atoms with Gasteiger partial charge in [-0.2, -0.15) is 0 Å². The Morgan fingerprint density at radius 2 is 2.18 bits per heavy atom. The van der Waals surface area contributed by atoms with Crippen molar-refractivity contribution in [1.29, 1.82) is 0 Å². The van der Waals surface area contributed by atoms with Crippen molar-refractivity contribution < 1.29 is 14.3 Å². The number of aryl methyl sites for hydroxylation is 1. The van der Waals surface area contributed by atoms with Crippen LogP contribution in [0.2, 0.25) is 0 Å². The minimum atomic E-state index is -0.510. The molecule has 0 heterocycles. The van der Waals surface area contributed by atoms with Crippen LogP contribution >= 0.6 is 0 Å². The number of aliphatic hydroxyl groups excluding tert-OH is 1. The van der Waals surface area contributed by atoms with Crippen LogP contribution in [0.15, 0.2) is 18.2 Å². The lowest BCUT2D eigenvalue weighted by atomic mass is 10.1. The zero-order valence-electron chi connectivity index (χ0n) is 10.4. The molecule has 0 radical (unpaired) electrons. The van der Waals surface area contributed by atoms with E-state index in [0.29, 0.717) is 13.0 Å². The van der Waals surface area contributed by atoms with Gasteiger partial charge in [-0.25, -0.2) is 4.39 Å². The summed E-state index contributed by atoms with van der Waals surface area (Å²) in [5, 5.41) is 9.14. The second-order valence-corrected chi connectivity index (χ2v) is 4.35. The number of hydrogen-bond donors (Lipinski definition) is 1. The minimum absolute atomic E-state index is 0.0816. The Morgan fingerprint density at radius 1 is 1.53 bits per heavy atom. The first kappa shape index (κ1) is 13.6. The molecule has 0 saturated carbocycles. The molecular weight excluding hydrogens is 221 g/mol. The molecule has 0 spiro atoms. The van der Waals surface area contributed by atoms with Crippen LogP contribution in [0.5, 0.6) is 0 Å². The molecule has 17 heavy (non-hydrogen) atoms. The molecule has 1 aromatic rings. The first-order chi connectivity index (χ1) is 7.91. The van der Waals surface area contributed by atoms with Gasteiger partial charge in [0, 0.05) is 13.6 Å². The summed E-state index contributed by atoms with van der Waals surface area (Å²) in [5.41, 5.74) is 0.928. The van der Waals surface area contributed by atoms with Gasteiger partial charge in [0.05, 0.1) is 11.7 Å². The summed E-state index contributed by atoms with van der Waals surface area (Å²) in [6, 6.07) is 4.46. The Balaban J connectivity index is 2.78. The van der Waals surface area contributed by atoms with Gasteiger partial charge in [0.1, 0.15) is 5.82 Å². The van der Waals surface area contributed by atoms with Crippen molar-refractivity contribution >= 4 is 5.91 Å². The summed E-state index contributed by atoms with van der Waals surface area (Å²) in [6.45, 7) is 3.88. The number of halogens is 1. The van der Waals surface area contributed by atoms with Crippen LogP contribution in [0, 0.1) is 12.7 Å². The lowest BCUT2D eigenvalue weighted by molar-refractivity contribution is 0.0764. The van der Waals surface area contributed by atoms with E-state index >= 15 is 0 Å². The molecule has 94 valence electrons. The molecule has 3 nitrogen and oxygen atoms in total. The molecule has 1 amide bonds. The van der Waals surface area contributed by atoms with E-state index in [4.69, 9.17) is 5.11 Å². The van der Waals surface area contributed by atoms with Gasteiger partial charge in [-0.1, -0.05) is 11.6 Å². The fraction of sp³-hybridized carbons (Fsp3) is 0.462. The van der Waals surface area contributed by atoms with Crippen molar-refractivity contribution in [3.63, 3.8) is 0 Å². The summed E-state index contributed by atoms with van der Waals surface area (Å²) in [6.07, 6.45) is 0.0166. The molecule has 1 rings (SSSR count). The molecule has 1 atom stereocenters. The van der Waals surface area contributed by atoms with Crippen LogP contribution in [0.4, 0.5) is 4.39 Å². The van der Waals surface area contributed by atoms with Crippen molar-refractivity contribution in [3.8, 4) is 0 Å². The summed E-state index contributed by atoms with van der Waals surface area (Å²) in [7, 11) is 1.60. The van der Waals surface area contributed by atoms with E-state index in [0.717, 1.165) is 5.56 Å². The first-order valence-electron chi connectivity index (χ1n) is 5.61. The van der Waals surface area contributed by atoms with E-state index < -0.39 is 11.9 Å². The average molecular weight is 239 g/mol. The van der Waals surface area contributed by atoms with Crippen molar-refractivity contribution in [3.05, 3.63) is 35.1 Å². The quantitative estimate of drug-likeness (QED) is 0.872. The van der Waals surface area contributed by atoms with Gasteiger partial charge in [0.15, 0.2) is 0 Å². The maximum Gasteiger partial charge on any atom is 0.256 e. The van der Waals surface area contributed by atoms with Gasteiger partial charge in [0.25, 0.3) is 5.91 Å². The molecule has 1 N–H and O–H groups in total. The van der Waals surface area contributed by atoms with E-state index in [-0.39, 0.29) is 11.5 Å². The topological polar surface area (TPSA) is 40.5 Å². The van der Waals surface area contributed by atoms with E-state index in [9.17, 15) is 9.18 Å². The lowest BCUT2D eigenvalue weighted by Crippen LogP contribution is -2.30. The summed E-state index contributed by atoms with van der Waals surface area (Å²) in [5.74, 6) is -0.864. The predicted molar refractivity (Wildman–Crippen MR) is 64.4 cm³/mol. The molecular formula is C13H18FNO2. The maximum absolute atomic E-state index is 13.5. The molecule has 0 saturated heterocycles. The number of rotatable bonds is 4. The maximum atomic E-state index is 13.5. The van der Waals surface area contributed by atoms with Crippen molar-refractivity contribution in [2.45, 2.75) is 26.4 Å². The van der Waals surface area contributed by atoms with Crippen LogP contribution in [0.1, 0.15) is 29.3 Å². The molecule has 1 aromatic carbocycles. The van der Waals surface area contributed by atoms with Crippen LogP contribution in [-0.4, -0.2) is 35.6 Å². The van der Waals surface area contributed by atoms with E-state index in [1.807, 2.05) is 6.92 Å².